The van der Waals surface area contributed by atoms with E-state index in [2.05, 4.69) is 37.1 Å². The lowest BCUT2D eigenvalue weighted by Gasteiger charge is -2.14. The van der Waals surface area contributed by atoms with Crippen LogP contribution in [0.5, 0.6) is 11.5 Å². The number of hydrazone groups is 1. The Balaban J connectivity index is 2.06. The summed E-state index contributed by atoms with van der Waals surface area (Å²) in [6, 6.07) is 8.94. The number of nitrogens with zero attached hydrogens (tertiary/aromatic N) is 1. The Bertz CT molecular complexity index is 1020. The molecule has 31 heavy (non-hydrogen) atoms. The largest absolute Gasteiger partial charge is 0.493 e. The zero-order valence-electron chi connectivity index (χ0n) is 17.5. The van der Waals surface area contributed by atoms with E-state index in [0.29, 0.717) is 21.5 Å². The number of anilines is 1. The summed E-state index contributed by atoms with van der Waals surface area (Å²) in [6.45, 7) is 3.68. The van der Waals surface area contributed by atoms with Crippen LogP contribution in [0.1, 0.15) is 16.7 Å². The molecule has 10 heteroatoms. The van der Waals surface area contributed by atoms with Gasteiger partial charge in [-0.3, -0.25) is 14.4 Å². The highest BCUT2D eigenvalue weighted by Gasteiger charge is 2.14. The van der Waals surface area contributed by atoms with Gasteiger partial charge < -0.3 is 20.1 Å². The van der Waals surface area contributed by atoms with E-state index in [4.69, 9.17) is 9.47 Å². The van der Waals surface area contributed by atoms with Crippen molar-refractivity contribution in [1.82, 2.24) is 10.7 Å². The first-order valence-corrected chi connectivity index (χ1v) is 9.97. The topological polar surface area (TPSA) is 118 Å². The molecule has 9 nitrogen and oxygen atoms in total. The van der Waals surface area contributed by atoms with Crippen molar-refractivity contribution in [2.24, 2.45) is 5.10 Å². The fourth-order valence-corrected chi connectivity index (χ4v) is 3.07. The maximum absolute atomic E-state index is 12.3. The molecule has 0 fully saturated rings. The molecule has 0 aliphatic carbocycles. The van der Waals surface area contributed by atoms with Crippen LogP contribution in [0.4, 0.5) is 5.69 Å². The van der Waals surface area contributed by atoms with Gasteiger partial charge in [-0.15, -0.1) is 0 Å². The number of aryl methyl sites for hydroxylation is 1. The van der Waals surface area contributed by atoms with Gasteiger partial charge in [0.2, 0.25) is 0 Å². The lowest BCUT2D eigenvalue weighted by atomic mass is 10.1. The van der Waals surface area contributed by atoms with Crippen molar-refractivity contribution < 1.29 is 23.9 Å². The Kier molecular flexibility index (Phi) is 8.56. The fourth-order valence-electron chi connectivity index (χ4n) is 2.49. The smallest absolute Gasteiger partial charge is 0.329 e. The molecule has 0 aliphatic heterocycles. The molecule has 0 aliphatic rings. The van der Waals surface area contributed by atoms with Crippen molar-refractivity contribution >= 4 is 45.6 Å². The summed E-state index contributed by atoms with van der Waals surface area (Å²) < 4.78 is 11.5. The van der Waals surface area contributed by atoms with Gasteiger partial charge in [0.25, 0.3) is 5.91 Å². The number of halogens is 1. The summed E-state index contributed by atoms with van der Waals surface area (Å²) in [7, 11) is 2.80. The average Bonchev–Trinajstić information content (AvgIpc) is 2.75. The van der Waals surface area contributed by atoms with Crippen LogP contribution in [-0.4, -0.2) is 44.7 Å². The Morgan fingerprint density at radius 3 is 2.58 bits per heavy atom. The van der Waals surface area contributed by atoms with Crippen LogP contribution in [0, 0.1) is 13.8 Å². The van der Waals surface area contributed by atoms with Crippen LogP contribution < -0.4 is 25.5 Å². The van der Waals surface area contributed by atoms with Gasteiger partial charge in [-0.25, -0.2) is 5.43 Å². The lowest BCUT2D eigenvalue weighted by molar-refractivity contribution is -0.138. The molecule has 164 valence electrons. The van der Waals surface area contributed by atoms with Crippen LogP contribution in [-0.2, 0) is 14.4 Å². The highest BCUT2D eigenvalue weighted by atomic mass is 79.9. The predicted molar refractivity (Wildman–Crippen MR) is 121 cm³/mol. The molecule has 2 rings (SSSR count). The third-order valence-corrected chi connectivity index (χ3v) is 4.88. The van der Waals surface area contributed by atoms with Gasteiger partial charge in [-0.2, -0.15) is 5.10 Å². The SMILES string of the molecule is CNC(=O)C(=O)N/N=C\c1cc(Br)c(OCC(=O)Nc2cccc(C)c2C)c(OC)c1. The second-order valence-corrected chi connectivity index (χ2v) is 7.25. The summed E-state index contributed by atoms with van der Waals surface area (Å²) in [6.07, 6.45) is 1.34. The quantitative estimate of drug-likeness (QED) is 0.312. The first-order chi connectivity index (χ1) is 14.8. The number of benzene rings is 2. The summed E-state index contributed by atoms with van der Waals surface area (Å²) in [5, 5.41) is 8.75. The van der Waals surface area contributed by atoms with Gasteiger partial charge in [-0.1, -0.05) is 12.1 Å². The lowest BCUT2D eigenvalue weighted by Crippen LogP contribution is -2.35. The number of likely N-dealkylation sites (N-methyl/N-ethyl adjacent to an activating group) is 1. The van der Waals surface area contributed by atoms with E-state index < -0.39 is 11.8 Å². The number of hydrogen-bond acceptors (Lipinski definition) is 6. The average molecular weight is 491 g/mol. The van der Waals surface area contributed by atoms with E-state index in [1.165, 1.54) is 20.4 Å². The van der Waals surface area contributed by atoms with E-state index in [-0.39, 0.29) is 12.5 Å². The van der Waals surface area contributed by atoms with E-state index >= 15 is 0 Å². The molecule has 3 amide bonds. The van der Waals surface area contributed by atoms with Gasteiger partial charge in [0.05, 0.1) is 17.8 Å². The van der Waals surface area contributed by atoms with Gasteiger partial charge >= 0.3 is 11.8 Å². The third-order valence-electron chi connectivity index (χ3n) is 4.29. The summed E-state index contributed by atoms with van der Waals surface area (Å²) in [4.78, 5) is 34.9. The number of rotatable bonds is 7. The number of nitrogens with one attached hydrogen (secondary N) is 3. The number of carbonyl (C=O) groups is 3. The van der Waals surface area contributed by atoms with E-state index in [1.807, 2.05) is 32.0 Å². The van der Waals surface area contributed by atoms with Crippen LogP contribution in [0.2, 0.25) is 0 Å². The van der Waals surface area contributed by atoms with Crippen molar-refractivity contribution in [2.75, 3.05) is 26.1 Å². The minimum absolute atomic E-state index is 0.224. The molecule has 0 radical (unpaired) electrons. The zero-order valence-corrected chi connectivity index (χ0v) is 19.1. The van der Waals surface area contributed by atoms with Crippen LogP contribution in [0.25, 0.3) is 0 Å². The Morgan fingerprint density at radius 2 is 1.90 bits per heavy atom. The van der Waals surface area contributed by atoms with Gasteiger partial charge in [0.1, 0.15) is 0 Å². The highest BCUT2D eigenvalue weighted by molar-refractivity contribution is 9.10. The summed E-state index contributed by atoms with van der Waals surface area (Å²) >= 11 is 3.38. The van der Waals surface area contributed by atoms with Crippen molar-refractivity contribution in [3.05, 3.63) is 51.5 Å². The monoisotopic (exact) mass is 490 g/mol. The number of hydrogen-bond donors (Lipinski definition) is 3. The van der Waals surface area contributed by atoms with Gasteiger partial charge in [0.15, 0.2) is 18.1 Å². The maximum Gasteiger partial charge on any atom is 0.329 e. The normalized spacial score (nSPS) is 10.5. The van der Waals surface area contributed by atoms with Gasteiger partial charge in [-0.05, 0) is 64.7 Å². The molecule has 0 aromatic heterocycles. The van der Waals surface area contributed by atoms with E-state index in [9.17, 15) is 14.4 Å². The van der Waals surface area contributed by atoms with Gasteiger partial charge in [0, 0.05) is 12.7 Å². The highest BCUT2D eigenvalue weighted by Crippen LogP contribution is 2.36. The number of ether oxygens (including phenoxy) is 2. The number of amides is 3. The molecule has 2 aromatic carbocycles. The molecule has 0 spiro atoms. The first-order valence-electron chi connectivity index (χ1n) is 9.18. The molecular formula is C21H23BrN4O5. The summed E-state index contributed by atoms with van der Waals surface area (Å²) in [5.74, 6) is -1.32. The van der Waals surface area contributed by atoms with Crippen molar-refractivity contribution in [1.29, 1.82) is 0 Å². The second kappa shape index (κ2) is 11.1. The van der Waals surface area contributed by atoms with Crippen LogP contribution in [0.3, 0.4) is 0 Å². The number of methoxy groups -OCH3 is 1. The van der Waals surface area contributed by atoms with E-state index in [0.717, 1.165) is 16.8 Å². The van der Waals surface area contributed by atoms with Crippen molar-refractivity contribution in [3.8, 4) is 11.5 Å². The van der Waals surface area contributed by atoms with Crippen LogP contribution in [0.15, 0.2) is 39.9 Å². The molecular weight excluding hydrogens is 468 g/mol. The molecule has 3 N–H and O–H groups in total. The number of carbonyl (C=O) groups excluding carboxylic acids is 3. The second-order valence-electron chi connectivity index (χ2n) is 6.40. The minimum atomic E-state index is -0.889. The maximum atomic E-state index is 12.3. The Morgan fingerprint density at radius 1 is 1.16 bits per heavy atom. The standard InChI is InChI=1S/C21H23BrN4O5/c1-12-6-5-7-16(13(12)2)25-18(27)11-31-19-15(22)8-14(9-17(19)30-4)10-24-26-21(29)20(28)23-3/h5-10H,11H2,1-4H3,(H,23,28)(H,25,27)(H,26,29)/b24-10-. The molecule has 2 aromatic rings. The Hall–Kier alpha value is -3.40. The van der Waals surface area contributed by atoms with Crippen molar-refractivity contribution in [2.45, 2.75) is 13.8 Å². The molecule has 0 saturated heterocycles. The fraction of sp³-hybridized carbons (Fsp3) is 0.238. The minimum Gasteiger partial charge on any atom is -0.493 e. The first kappa shape index (κ1) is 23.9. The van der Waals surface area contributed by atoms with E-state index in [1.54, 1.807) is 12.1 Å². The third kappa shape index (κ3) is 6.54. The molecule has 0 unspecified atom stereocenters. The molecule has 0 bridgehead atoms. The zero-order chi connectivity index (χ0) is 23.0. The summed E-state index contributed by atoms with van der Waals surface area (Å²) in [5.41, 5.74) is 5.46. The predicted octanol–water partition coefficient (Wildman–Crippen LogP) is 2.29. The molecule has 0 atom stereocenters. The van der Waals surface area contributed by atoms with Crippen LogP contribution >= 0.6 is 15.9 Å². The Labute approximate surface area is 188 Å². The molecule has 0 heterocycles. The molecule has 0 saturated carbocycles. The van der Waals surface area contributed by atoms with Crippen molar-refractivity contribution in [3.63, 3.8) is 0 Å².